The van der Waals surface area contributed by atoms with Gasteiger partial charge in [-0.25, -0.2) is 0 Å². The van der Waals surface area contributed by atoms with Crippen molar-refractivity contribution < 1.29 is 9.59 Å². The molecule has 134 valence electrons. The second-order valence-electron chi connectivity index (χ2n) is 6.44. The third kappa shape index (κ3) is 3.27. The van der Waals surface area contributed by atoms with Gasteiger partial charge in [0, 0.05) is 19.6 Å². The van der Waals surface area contributed by atoms with Crippen LogP contribution in [0.4, 0.5) is 0 Å². The highest BCUT2D eigenvalue weighted by Gasteiger charge is 2.40. The lowest BCUT2D eigenvalue weighted by Gasteiger charge is -2.24. The molecule has 2 aromatic rings. The van der Waals surface area contributed by atoms with E-state index in [0.717, 1.165) is 16.7 Å². The Bertz CT molecular complexity index is 838. The first-order valence-corrected chi connectivity index (χ1v) is 9.03. The molecule has 0 unspecified atom stereocenters. The minimum atomic E-state index is -0.206. The molecule has 1 aliphatic rings. The summed E-state index contributed by atoms with van der Waals surface area (Å²) in [6.45, 7) is 7.47. The average molecular weight is 348 g/mol. The molecular weight excluding hydrogens is 324 g/mol. The first kappa shape index (κ1) is 17.9. The lowest BCUT2D eigenvalue weighted by Crippen LogP contribution is -2.34. The van der Waals surface area contributed by atoms with E-state index in [1.807, 2.05) is 80.3 Å². The van der Waals surface area contributed by atoms with Crippen molar-refractivity contribution in [2.24, 2.45) is 0 Å². The molecular formula is C22H24N2O2. The Balaban J connectivity index is 2.08. The Morgan fingerprint density at radius 3 is 2.12 bits per heavy atom. The molecule has 0 aliphatic carbocycles. The summed E-state index contributed by atoms with van der Waals surface area (Å²) in [6.07, 6.45) is 0. The van der Waals surface area contributed by atoms with E-state index >= 15 is 0 Å². The van der Waals surface area contributed by atoms with Gasteiger partial charge in [-0.15, -0.1) is 0 Å². The SMILES string of the molecule is CCN(Cc1ccccc1)C1=C(c2ccc(C)cc2)C(=O)N(CC)C1=O. The third-order valence-electron chi connectivity index (χ3n) is 4.71. The fourth-order valence-electron chi connectivity index (χ4n) is 3.28. The van der Waals surface area contributed by atoms with Crippen LogP contribution in [-0.4, -0.2) is 34.7 Å². The summed E-state index contributed by atoms with van der Waals surface area (Å²) < 4.78 is 0. The topological polar surface area (TPSA) is 40.6 Å². The van der Waals surface area contributed by atoms with Gasteiger partial charge in [-0.05, 0) is 31.9 Å². The van der Waals surface area contributed by atoms with Crippen molar-refractivity contribution in [3.63, 3.8) is 0 Å². The number of hydrogen-bond acceptors (Lipinski definition) is 3. The van der Waals surface area contributed by atoms with Crippen LogP contribution in [0, 0.1) is 6.92 Å². The molecule has 0 saturated heterocycles. The standard InChI is InChI=1S/C22H24N2O2/c1-4-23(15-17-9-7-6-8-10-17)20-19(18-13-11-16(3)12-14-18)21(25)24(5-2)22(20)26/h6-14H,4-5,15H2,1-3H3. The van der Waals surface area contributed by atoms with E-state index in [0.29, 0.717) is 30.9 Å². The maximum atomic E-state index is 13.0. The van der Waals surface area contributed by atoms with Crippen molar-refractivity contribution in [2.75, 3.05) is 13.1 Å². The number of rotatable bonds is 6. The van der Waals surface area contributed by atoms with Crippen molar-refractivity contribution in [3.8, 4) is 0 Å². The molecule has 0 atom stereocenters. The highest BCUT2D eigenvalue weighted by Crippen LogP contribution is 2.32. The van der Waals surface area contributed by atoms with Gasteiger partial charge < -0.3 is 4.90 Å². The lowest BCUT2D eigenvalue weighted by atomic mass is 10.0. The molecule has 0 saturated carbocycles. The third-order valence-corrected chi connectivity index (χ3v) is 4.71. The Hall–Kier alpha value is -2.88. The van der Waals surface area contributed by atoms with Crippen molar-refractivity contribution in [1.29, 1.82) is 0 Å². The van der Waals surface area contributed by atoms with E-state index in [1.54, 1.807) is 0 Å². The van der Waals surface area contributed by atoms with Gasteiger partial charge >= 0.3 is 0 Å². The quantitative estimate of drug-likeness (QED) is 0.749. The van der Waals surface area contributed by atoms with Crippen molar-refractivity contribution in [1.82, 2.24) is 9.80 Å². The van der Waals surface area contributed by atoms with Gasteiger partial charge in [0.15, 0.2) is 0 Å². The van der Waals surface area contributed by atoms with E-state index in [9.17, 15) is 9.59 Å². The number of carbonyl (C=O) groups excluding carboxylic acids is 2. The number of hydrogen-bond donors (Lipinski definition) is 0. The van der Waals surface area contributed by atoms with Crippen molar-refractivity contribution in [2.45, 2.75) is 27.3 Å². The molecule has 0 spiro atoms. The molecule has 1 aliphatic heterocycles. The predicted octanol–water partition coefficient (Wildman–Crippen LogP) is 3.62. The van der Waals surface area contributed by atoms with Gasteiger partial charge in [0.25, 0.3) is 11.8 Å². The Kier molecular flexibility index (Phi) is 5.21. The van der Waals surface area contributed by atoms with Crippen LogP contribution in [0.25, 0.3) is 5.57 Å². The summed E-state index contributed by atoms with van der Waals surface area (Å²) >= 11 is 0. The van der Waals surface area contributed by atoms with Crippen LogP contribution in [0.5, 0.6) is 0 Å². The van der Waals surface area contributed by atoms with Crippen LogP contribution in [0.3, 0.4) is 0 Å². The van der Waals surface area contributed by atoms with E-state index in [1.165, 1.54) is 4.90 Å². The minimum absolute atomic E-state index is 0.203. The maximum absolute atomic E-state index is 13.0. The summed E-state index contributed by atoms with van der Waals surface area (Å²) in [5.41, 5.74) is 4.05. The average Bonchev–Trinajstić information content (AvgIpc) is 2.91. The molecule has 0 N–H and O–H groups in total. The molecule has 0 bridgehead atoms. The second-order valence-corrected chi connectivity index (χ2v) is 6.44. The van der Waals surface area contributed by atoms with Gasteiger partial charge in [0.05, 0.1) is 5.57 Å². The zero-order valence-electron chi connectivity index (χ0n) is 15.5. The number of carbonyl (C=O) groups is 2. The summed E-state index contributed by atoms with van der Waals surface area (Å²) in [6, 6.07) is 17.8. The van der Waals surface area contributed by atoms with Crippen molar-refractivity contribution in [3.05, 3.63) is 77.0 Å². The Morgan fingerprint density at radius 2 is 1.54 bits per heavy atom. The van der Waals surface area contributed by atoms with Gasteiger partial charge in [-0.3, -0.25) is 14.5 Å². The molecule has 0 radical (unpaired) electrons. The zero-order chi connectivity index (χ0) is 18.7. The van der Waals surface area contributed by atoms with Crippen LogP contribution in [0.1, 0.15) is 30.5 Å². The number of amides is 2. The number of imide groups is 1. The first-order chi connectivity index (χ1) is 12.6. The highest BCUT2D eigenvalue weighted by atomic mass is 16.2. The molecule has 1 heterocycles. The predicted molar refractivity (Wildman–Crippen MR) is 103 cm³/mol. The van der Waals surface area contributed by atoms with Crippen molar-refractivity contribution >= 4 is 17.4 Å². The molecule has 2 aromatic carbocycles. The van der Waals surface area contributed by atoms with Crippen LogP contribution in [-0.2, 0) is 16.1 Å². The van der Waals surface area contributed by atoms with Gasteiger partial charge in [-0.2, -0.15) is 0 Å². The normalized spacial score (nSPS) is 14.3. The molecule has 26 heavy (non-hydrogen) atoms. The number of aryl methyl sites for hydroxylation is 1. The molecule has 4 nitrogen and oxygen atoms in total. The second kappa shape index (κ2) is 7.56. The van der Waals surface area contributed by atoms with E-state index in [4.69, 9.17) is 0 Å². The number of likely N-dealkylation sites (N-methyl/N-ethyl adjacent to an activating group) is 2. The monoisotopic (exact) mass is 348 g/mol. The van der Waals surface area contributed by atoms with E-state index in [2.05, 4.69) is 0 Å². The molecule has 4 heteroatoms. The van der Waals surface area contributed by atoms with Crippen LogP contribution in [0.2, 0.25) is 0 Å². The molecule has 0 fully saturated rings. The van der Waals surface area contributed by atoms with Crippen LogP contribution in [0.15, 0.2) is 60.3 Å². The number of benzene rings is 2. The molecule has 2 amide bonds. The fourth-order valence-corrected chi connectivity index (χ4v) is 3.28. The van der Waals surface area contributed by atoms with Crippen LogP contribution >= 0.6 is 0 Å². The lowest BCUT2D eigenvalue weighted by molar-refractivity contribution is -0.137. The Morgan fingerprint density at radius 1 is 0.885 bits per heavy atom. The summed E-state index contributed by atoms with van der Waals surface area (Å²) in [5.74, 6) is -0.409. The largest absolute Gasteiger partial charge is 0.362 e. The maximum Gasteiger partial charge on any atom is 0.277 e. The summed E-state index contributed by atoms with van der Waals surface area (Å²) in [5, 5.41) is 0. The summed E-state index contributed by atoms with van der Waals surface area (Å²) in [4.78, 5) is 29.3. The smallest absolute Gasteiger partial charge is 0.277 e. The summed E-state index contributed by atoms with van der Waals surface area (Å²) in [7, 11) is 0. The van der Waals surface area contributed by atoms with Gasteiger partial charge in [0.1, 0.15) is 5.70 Å². The van der Waals surface area contributed by atoms with Gasteiger partial charge in [-0.1, -0.05) is 60.2 Å². The van der Waals surface area contributed by atoms with Crippen LogP contribution < -0.4 is 0 Å². The molecule has 0 aromatic heterocycles. The van der Waals surface area contributed by atoms with E-state index in [-0.39, 0.29) is 11.8 Å². The zero-order valence-corrected chi connectivity index (χ0v) is 15.5. The van der Waals surface area contributed by atoms with Gasteiger partial charge in [0.2, 0.25) is 0 Å². The minimum Gasteiger partial charge on any atom is -0.362 e. The molecule has 3 rings (SSSR count). The highest BCUT2D eigenvalue weighted by molar-refractivity contribution is 6.35. The first-order valence-electron chi connectivity index (χ1n) is 9.03. The fraction of sp³-hybridized carbons (Fsp3) is 0.273. The Labute approximate surface area is 154 Å². The van der Waals surface area contributed by atoms with E-state index < -0.39 is 0 Å². The number of nitrogens with zero attached hydrogens (tertiary/aromatic N) is 2.